The Morgan fingerprint density at radius 2 is 2.00 bits per heavy atom. The third-order valence-corrected chi connectivity index (χ3v) is 6.32. The molecule has 3 atom stereocenters. The van der Waals surface area contributed by atoms with E-state index in [-0.39, 0.29) is 5.41 Å². The molecule has 0 aromatic carbocycles. The first-order chi connectivity index (χ1) is 8.60. The molecule has 1 saturated carbocycles. The van der Waals surface area contributed by atoms with Gasteiger partial charge in [0.05, 0.1) is 6.10 Å². The molecule has 1 saturated heterocycles. The molecule has 0 bridgehead atoms. The molecule has 0 spiro atoms. The Morgan fingerprint density at radius 1 is 1.33 bits per heavy atom. The average molecular weight is 273 g/mol. The van der Waals surface area contributed by atoms with Gasteiger partial charge in [-0.1, -0.05) is 13.8 Å². The Kier molecular flexibility index (Phi) is 4.84. The van der Waals surface area contributed by atoms with Crippen LogP contribution in [0, 0.1) is 5.41 Å². The molecule has 0 aromatic rings. The summed E-state index contributed by atoms with van der Waals surface area (Å²) in [5.74, 6) is 1.75. The number of hydrogen-bond donors (Lipinski definition) is 1. The largest absolute Gasteiger partial charge is 0.378 e. The average Bonchev–Trinajstić information content (AvgIpc) is 2.39. The van der Waals surface area contributed by atoms with E-state index >= 15 is 0 Å². The van der Waals surface area contributed by atoms with Gasteiger partial charge in [-0.3, -0.25) is 4.21 Å². The number of rotatable bonds is 5. The van der Waals surface area contributed by atoms with Crippen LogP contribution in [0.4, 0.5) is 0 Å². The Hall–Kier alpha value is 0.0700. The summed E-state index contributed by atoms with van der Waals surface area (Å²) in [5, 5.41) is 3.79. The Morgan fingerprint density at radius 3 is 2.56 bits per heavy atom. The molecular formula is C14H27NO2S. The molecule has 0 aromatic heterocycles. The van der Waals surface area contributed by atoms with E-state index in [0.29, 0.717) is 18.2 Å². The van der Waals surface area contributed by atoms with E-state index in [2.05, 4.69) is 26.1 Å². The van der Waals surface area contributed by atoms with E-state index in [0.717, 1.165) is 43.8 Å². The van der Waals surface area contributed by atoms with Crippen LogP contribution in [0.3, 0.4) is 0 Å². The molecule has 3 nitrogen and oxygen atoms in total. The Bertz CT molecular complexity index is 300. The van der Waals surface area contributed by atoms with Crippen molar-refractivity contribution in [1.29, 1.82) is 0 Å². The van der Waals surface area contributed by atoms with Gasteiger partial charge in [0.1, 0.15) is 0 Å². The van der Waals surface area contributed by atoms with Crippen molar-refractivity contribution >= 4 is 10.8 Å². The predicted molar refractivity (Wildman–Crippen MR) is 76.3 cm³/mol. The summed E-state index contributed by atoms with van der Waals surface area (Å²) in [4.78, 5) is 0. The molecule has 2 fully saturated rings. The van der Waals surface area contributed by atoms with Crippen molar-refractivity contribution in [2.45, 2.75) is 64.6 Å². The third kappa shape index (κ3) is 2.81. The van der Waals surface area contributed by atoms with Gasteiger partial charge in [0.25, 0.3) is 0 Å². The third-order valence-electron chi connectivity index (χ3n) is 4.94. The second kappa shape index (κ2) is 6.02. The standard InChI is InChI=1S/C14H27NO2S/c1-4-14(3)12(10-13(14)17-5-2)15-11-6-8-18(16)9-7-11/h11-13,15H,4-10H2,1-3H3. The quantitative estimate of drug-likeness (QED) is 0.833. The first-order valence-electron chi connectivity index (χ1n) is 7.32. The van der Waals surface area contributed by atoms with Crippen molar-refractivity contribution in [2.24, 2.45) is 5.41 Å². The molecule has 1 heterocycles. The van der Waals surface area contributed by atoms with Gasteiger partial charge in [0, 0.05) is 46.4 Å². The van der Waals surface area contributed by atoms with Crippen molar-refractivity contribution in [1.82, 2.24) is 5.32 Å². The summed E-state index contributed by atoms with van der Waals surface area (Å²) < 4.78 is 17.2. The smallest absolute Gasteiger partial charge is 0.0658 e. The van der Waals surface area contributed by atoms with E-state index in [1.54, 1.807) is 0 Å². The summed E-state index contributed by atoms with van der Waals surface area (Å²) >= 11 is 0. The van der Waals surface area contributed by atoms with Gasteiger partial charge in [-0.2, -0.15) is 0 Å². The SMILES string of the molecule is CCOC1CC(NC2CCS(=O)CC2)C1(C)CC. The van der Waals surface area contributed by atoms with Crippen LogP contribution in [0.25, 0.3) is 0 Å². The lowest BCUT2D eigenvalue weighted by Gasteiger charge is -2.55. The highest BCUT2D eigenvalue weighted by Gasteiger charge is 2.51. The van der Waals surface area contributed by atoms with Crippen molar-refractivity contribution < 1.29 is 8.95 Å². The van der Waals surface area contributed by atoms with Crippen molar-refractivity contribution in [3.8, 4) is 0 Å². The fourth-order valence-corrected chi connectivity index (χ4v) is 4.55. The molecule has 1 aliphatic heterocycles. The predicted octanol–water partition coefficient (Wildman–Crippen LogP) is 2.08. The lowest BCUT2D eigenvalue weighted by atomic mass is 9.61. The minimum absolute atomic E-state index is 0.284. The lowest BCUT2D eigenvalue weighted by molar-refractivity contribution is -0.128. The van der Waals surface area contributed by atoms with Gasteiger partial charge >= 0.3 is 0 Å². The normalized spacial score (nSPS) is 44.6. The van der Waals surface area contributed by atoms with Gasteiger partial charge < -0.3 is 10.1 Å². The maximum absolute atomic E-state index is 11.4. The van der Waals surface area contributed by atoms with Crippen LogP contribution >= 0.6 is 0 Å². The summed E-state index contributed by atoms with van der Waals surface area (Å²) in [7, 11) is -0.555. The zero-order valence-corrected chi connectivity index (χ0v) is 12.7. The lowest BCUT2D eigenvalue weighted by Crippen LogP contribution is -2.64. The van der Waals surface area contributed by atoms with Gasteiger partial charge in [-0.15, -0.1) is 0 Å². The summed E-state index contributed by atoms with van der Waals surface area (Å²) in [5.41, 5.74) is 0.284. The molecule has 0 radical (unpaired) electrons. The van der Waals surface area contributed by atoms with E-state index in [4.69, 9.17) is 4.74 Å². The molecule has 3 unspecified atom stereocenters. The van der Waals surface area contributed by atoms with E-state index in [1.807, 2.05) is 0 Å². The van der Waals surface area contributed by atoms with E-state index in [1.165, 1.54) is 0 Å². The van der Waals surface area contributed by atoms with Crippen molar-refractivity contribution in [2.75, 3.05) is 18.1 Å². The van der Waals surface area contributed by atoms with Crippen LogP contribution in [0.2, 0.25) is 0 Å². The van der Waals surface area contributed by atoms with Crippen LogP contribution in [0.1, 0.15) is 46.5 Å². The van der Waals surface area contributed by atoms with Crippen LogP contribution < -0.4 is 5.32 Å². The zero-order chi connectivity index (χ0) is 13.2. The molecule has 106 valence electrons. The second-order valence-corrected chi connectivity index (χ2v) is 7.58. The summed E-state index contributed by atoms with van der Waals surface area (Å²) in [6, 6.07) is 1.15. The van der Waals surface area contributed by atoms with E-state index < -0.39 is 10.8 Å². The fraction of sp³-hybridized carbons (Fsp3) is 1.00. The second-order valence-electron chi connectivity index (χ2n) is 5.88. The summed E-state index contributed by atoms with van der Waals surface area (Å²) in [6.45, 7) is 7.49. The molecular weight excluding hydrogens is 246 g/mol. The summed E-state index contributed by atoms with van der Waals surface area (Å²) in [6.07, 6.45) is 4.86. The number of nitrogens with one attached hydrogen (secondary N) is 1. The molecule has 1 N–H and O–H groups in total. The Labute approximate surface area is 114 Å². The molecule has 18 heavy (non-hydrogen) atoms. The maximum Gasteiger partial charge on any atom is 0.0658 e. The highest BCUT2D eigenvalue weighted by Crippen LogP contribution is 2.46. The minimum Gasteiger partial charge on any atom is -0.378 e. The van der Waals surface area contributed by atoms with Crippen LogP contribution in [0.15, 0.2) is 0 Å². The van der Waals surface area contributed by atoms with Gasteiger partial charge in [0.2, 0.25) is 0 Å². The minimum atomic E-state index is -0.555. The number of hydrogen-bond acceptors (Lipinski definition) is 3. The topological polar surface area (TPSA) is 38.3 Å². The van der Waals surface area contributed by atoms with Gasteiger partial charge in [-0.25, -0.2) is 0 Å². The highest BCUT2D eigenvalue weighted by atomic mass is 32.2. The van der Waals surface area contributed by atoms with E-state index in [9.17, 15) is 4.21 Å². The van der Waals surface area contributed by atoms with Crippen molar-refractivity contribution in [3.63, 3.8) is 0 Å². The monoisotopic (exact) mass is 273 g/mol. The highest BCUT2D eigenvalue weighted by molar-refractivity contribution is 7.85. The number of ether oxygens (including phenoxy) is 1. The first kappa shape index (κ1) is 14.5. The Balaban J connectivity index is 1.85. The van der Waals surface area contributed by atoms with Gasteiger partial charge in [-0.05, 0) is 32.6 Å². The van der Waals surface area contributed by atoms with Crippen LogP contribution in [-0.4, -0.2) is 40.5 Å². The van der Waals surface area contributed by atoms with Gasteiger partial charge in [0.15, 0.2) is 0 Å². The zero-order valence-electron chi connectivity index (χ0n) is 11.9. The molecule has 4 heteroatoms. The van der Waals surface area contributed by atoms with Crippen LogP contribution in [-0.2, 0) is 15.5 Å². The first-order valence-corrected chi connectivity index (χ1v) is 8.81. The molecule has 1 aliphatic carbocycles. The molecule has 0 amide bonds. The fourth-order valence-electron chi connectivity index (χ4n) is 3.25. The van der Waals surface area contributed by atoms with Crippen molar-refractivity contribution in [3.05, 3.63) is 0 Å². The maximum atomic E-state index is 11.4. The van der Waals surface area contributed by atoms with Crippen LogP contribution in [0.5, 0.6) is 0 Å². The molecule has 2 aliphatic rings. The molecule has 2 rings (SSSR count).